The van der Waals surface area contributed by atoms with Crippen LogP contribution in [0.4, 0.5) is 0 Å². The first-order chi connectivity index (χ1) is 14.1. The molecule has 4 rings (SSSR count). The Kier molecular flexibility index (Phi) is 5.96. The first-order valence-electron chi connectivity index (χ1n) is 9.63. The topological polar surface area (TPSA) is 75.3 Å². The number of H-pyrrole nitrogens is 1. The van der Waals surface area contributed by atoms with Gasteiger partial charge in [-0.15, -0.1) is 0 Å². The number of carbonyl (C=O) groups is 1. The molecule has 150 valence electrons. The second-order valence-corrected chi connectivity index (χ2v) is 8.43. The number of hydrogen-bond donors (Lipinski definition) is 1. The number of aromatic amines is 1. The molecule has 6 nitrogen and oxygen atoms in total. The van der Waals surface area contributed by atoms with Gasteiger partial charge in [-0.1, -0.05) is 24.3 Å². The van der Waals surface area contributed by atoms with Crippen LogP contribution < -0.4 is 5.56 Å². The number of fused-ring (bicyclic) bond motifs is 1. The highest BCUT2D eigenvalue weighted by molar-refractivity contribution is 14.1. The molecule has 1 aliphatic rings. The summed E-state index contributed by atoms with van der Waals surface area (Å²) in [5.74, 6) is 0.0603. The van der Waals surface area contributed by atoms with Crippen LogP contribution in [-0.2, 0) is 11.2 Å². The zero-order chi connectivity index (χ0) is 20.4. The number of ether oxygens (including phenoxy) is 1. The summed E-state index contributed by atoms with van der Waals surface area (Å²) >= 11 is 2.21. The van der Waals surface area contributed by atoms with Gasteiger partial charge < -0.3 is 9.64 Å². The molecule has 2 aromatic carbocycles. The summed E-state index contributed by atoms with van der Waals surface area (Å²) in [6.07, 6.45) is 2.52. The predicted molar refractivity (Wildman–Crippen MR) is 120 cm³/mol. The third-order valence-electron chi connectivity index (χ3n) is 5.47. The molecule has 1 aromatic heterocycles. The molecule has 2 heterocycles. The summed E-state index contributed by atoms with van der Waals surface area (Å²) in [6, 6.07) is 13.4. The van der Waals surface area contributed by atoms with Crippen LogP contribution in [0.1, 0.15) is 34.5 Å². The highest BCUT2D eigenvalue weighted by Crippen LogP contribution is 2.23. The van der Waals surface area contributed by atoms with Crippen LogP contribution in [0.2, 0.25) is 0 Å². The minimum absolute atomic E-state index is 0.0603. The summed E-state index contributed by atoms with van der Waals surface area (Å²) in [7, 11) is 1.73. The van der Waals surface area contributed by atoms with Crippen LogP contribution in [0.3, 0.4) is 0 Å². The van der Waals surface area contributed by atoms with Crippen LogP contribution in [0.25, 0.3) is 10.8 Å². The Morgan fingerprint density at radius 3 is 2.66 bits per heavy atom. The molecular formula is C22H22IN3O3. The first-order valence-corrected chi connectivity index (χ1v) is 10.7. The minimum Gasteiger partial charge on any atom is -0.381 e. The number of hydrogen-bond acceptors (Lipinski definition) is 4. The van der Waals surface area contributed by atoms with Crippen LogP contribution in [0, 0.1) is 3.57 Å². The molecular weight excluding hydrogens is 477 g/mol. The number of aromatic nitrogens is 2. The van der Waals surface area contributed by atoms with Crippen LogP contribution in [0.15, 0.2) is 47.3 Å². The quantitative estimate of drug-likeness (QED) is 0.559. The maximum atomic E-state index is 13.1. The van der Waals surface area contributed by atoms with Crippen molar-refractivity contribution in [1.29, 1.82) is 0 Å². The second-order valence-electron chi connectivity index (χ2n) is 7.26. The zero-order valence-electron chi connectivity index (χ0n) is 16.2. The molecule has 0 unspecified atom stereocenters. The summed E-state index contributed by atoms with van der Waals surface area (Å²) in [6.45, 7) is 1.42. The third kappa shape index (κ3) is 4.20. The first kappa shape index (κ1) is 20.0. The van der Waals surface area contributed by atoms with E-state index >= 15 is 0 Å². The van der Waals surface area contributed by atoms with Crippen molar-refractivity contribution < 1.29 is 9.53 Å². The largest absolute Gasteiger partial charge is 0.381 e. The highest BCUT2D eigenvalue weighted by atomic mass is 123. The number of piperidine rings is 1. The highest BCUT2D eigenvalue weighted by Gasteiger charge is 2.25. The van der Waals surface area contributed by atoms with Crippen molar-refractivity contribution in [3.05, 3.63) is 73.2 Å². The molecule has 1 saturated heterocycles. The van der Waals surface area contributed by atoms with Gasteiger partial charge in [0, 0.05) is 35.6 Å². The van der Waals surface area contributed by atoms with Crippen molar-refractivity contribution >= 4 is 39.3 Å². The van der Waals surface area contributed by atoms with Crippen molar-refractivity contribution in [2.75, 3.05) is 20.2 Å². The molecule has 1 amide bonds. The molecule has 1 aliphatic heterocycles. The van der Waals surface area contributed by atoms with Gasteiger partial charge in [0.15, 0.2) is 0 Å². The van der Waals surface area contributed by atoms with E-state index in [1.54, 1.807) is 13.2 Å². The molecule has 0 aliphatic carbocycles. The lowest BCUT2D eigenvalue weighted by Gasteiger charge is -2.31. The van der Waals surface area contributed by atoms with Crippen molar-refractivity contribution in [1.82, 2.24) is 15.1 Å². The maximum Gasteiger partial charge on any atom is 0.272 e. The summed E-state index contributed by atoms with van der Waals surface area (Å²) in [5.41, 5.74) is 2.31. The van der Waals surface area contributed by atoms with Crippen molar-refractivity contribution in [3.63, 3.8) is 0 Å². The minimum atomic E-state index is -0.192. The third-order valence-corrected chi connectivity index (χ3v) is 6.41. The van der Waals surface area contributed by atoms with Gasteiger partial charge in [-0.2, -0.15) is 5.10 Å². The fourth-order valence-corrected chi connectivity index (χ4v) is 4.38. The Balaban J connectivity index is 1.60. The van der Waals surface area contributed by atoms with E-state index in [-0.39, 0.29) is 17.6 Å². The van der Waals surface area contributed by atoms with Gasteiger partial charge in [-0.05, 0) is 59.2 Å². The fourth-order valence-electron chi connectivity index (χ4n) is 3.81. The van der Waals surface area contributed by atoms with E-state index in [0.717, 1.165) is 33.1 Å². The average molecular weight is 499 g/mol. The number of amides is 1. The molecule has 0 spiro atoms. The van der Waals surface area contributed by atoms with E-state index in [1.165, 1.54) is 0 Å². The van der Waals surface area contributed by atoms with Gasteiger partial charge in [-0.25, -0.2) is 5.10 Å². The molecule has 0 atom stereocenters. The van der Waals surface area contributed by atoms with E-state index in [4.69, 9.17) is 4.74 Å². The van der Waals surface area contributed by atoms with Gasteiger partial charge in [0.1, 0.15) is 0 Å². The number of halogens is 1. The molecule has 3 aromatic rings. The molecule has 0 bridgehead atoms. The maximum absolute atomic E-state index is 13.1. The normalized spacial score (nSPS) is 15.0. The van der Waals surface area contributed by atoms with Gasteiger partial charge >= 0.3 is 0 Å². The Labute approximate surface area is 182 Å². The molecule has 1 fully saturated rings. The van der Waals surface area contributed by atoms with E-state index in [0.29, 0.717) is 30.5 Å². The van der Waals surface area contributed by atoms with Gasteiger partial charge in [-0.3, -0.25) is 9.59 Å². The lowest BCUT2D eigenvalue weighted by molar-refractivity contribution is 0.0350. The van der Waals surface area contributed by atoms with Gasteiger partial charge in [0.25, 0.3) is 11.5 Å². The average Bonchev–Trinajstić information content (AvgIpc) is 2.77. The Morgan fingerprint density at radius 1 is 1.21 bits per heavy atom. The van der Waals surface area contributed by atoms with Gasteiger partial charge in [0.2, 0.25) is 0 Å². The Bertz CT molecular complexity index is 1100. The smallest absolute Gasteiger partial charge is 0.272 e. The van der Waals surface area contributed by atoms with E-state index < -0.39 is 0 Å². The fraction of sp³-hybridized carbons (Fsp3) is 0.318. The van der Waals surface area contributed by atoms with E-state index in [1.807, 2.05) is 41.3 Å². The number of benzene rings is 2. The summed E-state index contributed by atoms with van der Waals surface area (Å²) in [5, 5.41) is 8.30. The SMILES string of the molecule is COC1CCN(C(=O)c2cc(Cc3n[nH]c(=O)c4ccccc34)ccc2[123I])CC1. The van der Waals surface area contributed by atoms with Crippen molar-refractivity contribution in [2.24, 2.45) is 0 Å². The molecule has 29 heavy (non-hydrogen) atoms. The monoisotopic (exact) mass is 499 g/mol. The number of likely N-dealkylation sites (tertiary alicyclic amines) is 1. The second kappa shape index (κ2) is 8.62. The summed E-state index contributed by atoms with van der Waals surface area (Å²) in [4.78, 5) is 27.0. The lowest BCUT2D eigenvalue weighted by atomic mass is 10.0. The summed E-state index contributed by atoms with van der Waals surface area (Å²) < 4.78 is 6.34. The zero-order valence-corrected chi connectivity index (χ0v) is 18.3. The van der Waals surface area contributed by atoms with Crippen LogP contribution >= 0.6 is 22.6 Å². The molecule has 7 heteroatoms. The number of nitrogens with zero attached hydrogens (tertiary/aromatic N) is 2. The number of carbonyl (C=O) groups excluding carboxylic acids is 1. The van der Waals surface area contributed by atoms with Crippen LogP contribution in [-0.4, -0.2) is 47.3 Å². The Morgan fingerprint density at radius 2 is 1.93 bits per heavy atom. The molecule has 1 N–H and O–H groups in total. The predicted octanol–water partition coefficient (Wildman–Crippen LogP) is 3.37. The van der Waals surface area contributed by atoms with Crippen molar-refractivity contribution in [3.8, 4) is 0 Å². The lowest BCUT2D eigenvalue weighted by Crippen LogP contribution is -2.40. The number of rotatable bonds is 4. The van der Waals surface area contributed by atoms with Crippen molar-refractivity contribution in [2.45, 2.75) is 25.4 Å². The number of methoxy groups -OCH3 is 1. The molecule has 0 radical (unpaired) electrons. The van der Waals surface area contributed by atoms with Crippen LogP contribution in [0.5, 0.6) is 0 Å². The standard InChI is InChI=1S/C22H22IN3O3/c1-29-15-8-10-26(11-9-15)22(28)18-12-14(6-7-19(18)23)13-20-16-4-2-3-5-17(16)21(27)25-24-20/h2-7,12,15H,8-11,13H2,1H3,(H,25,27)/i23-4. The Hall–Kier alpha value is -2.26. The van der Waals surface area contributed by atoms with Gasteiger partial charge in [0.05, 0.1) is 22.7 Å². The van der Waals surface area contributed by atoms with E-state index in [2.05, 4.69) is 32.8 Å². The number of nitrogens with one attached hydrogen (secondary N) is 1. The molecule has 0 saturated carbocycles. The van der Waals surface area contributed by atoms with E-state index in [9.17, 15) is 9.59 Å².